The van der Waals surface area contributed by atoms with E-state index in [-0.39, 0.29) is 15.7 Å². The van der Waals surface area contributed by atoms with Gasteiger partial charge in [-0.1, -0.05) is 72.0 Å². The smallest absolute Gasteiger partial charge is 0.347 e. The number of hydrogen-bond donors (Lipinski definition) is 2. The molecule has 0 aliphatic carbocycles. The molecule has 0 bridgehead atoms. The lowest BCUT2D eigenvalue weighted by Gasteiger charge is -1.98. The van der Waals surface area contributed by atoms with Gasteiger partial charge >= 0.3 is 11.5 Å². The van der Waals surface area contributed by atoms with Gasteiger partial charge in [-0.2, -0.15) is 4.68 Å². The van der Waals surface area contributed by atoms with Crippen LogP contribution < -0.4 is 5.56 Å². The standard InChI is InChI=1S/C23H16N6O3S2/c1-13-19(21(31)32)34-22(24-13)27-26-18-17(15-10-6-3-7-11-15)28-29(20(18)30)23-25-16(12-33-23)14-8-4-2-5-9-14/h2-12,28H,1H3,(H,31,32). The van der Waals surface area contributed by atoms with Gasteiger partial charge in [0.1, 0.15) is 4.88 Å². The highest BCUT2D eigenvalue weighted by Crippen LogP contribution is 2.31. The predicted octanol–water partition coefficient (Wildman–Crippen LogP) is 5.83. The van der Waals surface area contributed by atoms with Gasteiger partial charge in [-0.3, -0.25) is 9.89 Å². The number of H-pyrrole nitrogens is 1. The Morgan fingerprint density at radius 2 is 1.68 bits per heavy atom. The number of nitrogens with one attached hydrogen (secondary N) is 1. The van der Waals surface area contributed by atoms with Crippen molar-refractivity contribution in [1.29, 1.82) is 0 Å². The molecule has 5 rings (SSSR count). The number of hydrogen-bond acceptors (Lipinski definition) is 8. The number of carboxylic acids is 1. The average molecular weight is 489 g/mol. The number of nitrogens with zero attached hydrogens (tertiary/aromatic N) is 5. The zero-order chi connectivity index (χ0) is 23.7. The maximum atomic E-state index is 13.3. The molecular weight excluding hydrogens is 472 g/mol. The highest BCUT2D eigenvalue weighted by atomic mass is 32.1. The zero-order valence-electron chi connectivity index (χ0n) is 17.7. The van der Waals surface area contributed by atoms with Gasteiger partial charge in [0.25, 0.3) is 0 Å². The Kier molecular flexibility index (Phi) is 5.70. The van der Waals surface area contributed by atoms with Crippen LogP contribution in [-0.2, 0) is 0 Å². The number of aryl methyl sites for hydroxylation is 1. The fraction of sp³-hybridized carbons (Fsp3) is 0.0435. The van der Waals surface area contributed by atoms with Crippen molar-refractivity contribution in [3.05, 3.63) is 87.0 Å². The minimum Gasteiger partial charge on any atom is -0.477 e. The average Bonchev–Trinajstić information content (AvgIpc) is 3.56. The number of aromatic carboxylic acids is 1. The summed E-state index contributed by atoms with van der Waals surface area (Å²) in [6.45, 7) is 1.59. The highest BCUT2D eigenvalue weighted by Gasteiger charge is 2.20. The van der Waals surface area contributed by atoms with E-state index in [2.05, 4.69) is 25.3 Å². The third kappa shape index (κ3) is 4.09. The van der Waals surface area contributed by atoms with Crippen LogP contribution in [-0.4, -0.2) is 30.8 Å². The van der Waals surface area contributed by atoms with Gasteiger partial charge < -0.3 is 5.11 Å². The van der Waals surface area contributed by atoms with E-state index in [1.807, 2.05) is 66.0 Å². The van der Waals surface area contributed by atoms with Crippen LogP contribution in [0.1, 0.15) is 15.4 Å². The molecule has 0 aliphatic heterocycles. The fourth-order valence-corrected chi connectivity index (χ4v) is 4.80. The van der Waals surface area contributed by atoms with E-state index in [1.165, 1.54) is 16.0 Å². The number of rotatable bonds is 6. The van der Waals surface area contributed by atoms with Crippen molar-refractivity contribution in [2.45, 2.75) is 6.92 Å². The summed E-state index contributed by atoms with van der Waals surface area (Å²) in [6.07, 6.45) is 0. The van der Waals surface area contributed by atoms with Crippen LogP contribution in [0.15, 0.2) is 81.1 Å². The molecule has 0 fully saturated rings. The summed E-state index contributed by atoms with van der Waals surface area (Å²) in [7, 11) is 0. The number of thiazole rings is 2. The van der Waals surface area contributed by atoms with E-state index < -0.39 is 11.5 Å². The third-order valence-electron chi connectivity index (χ3n) is 4.90. The Labute approximate surface area is 200 Å². The van der Waals surface area contributed by atoms with E-state index in [0.717, 1.165) is 28.2 Å². The Balaban J connectivity index is 1.59. The summed E-state index contributed by atoms with van der Waals surface area (Å²) in [6, 6.07) is 19.0. The van der Waals surface area contributed by atoms with Crippen LogP contribution in [0.5, 0.6) is 0 Å². The molecule has 0 spiro atoms. The Bertz CT molecular complexity index is 1570. The molecule has 2 aromatic carbocycles. The SMILES string of the molecule is Cc1nc(N=Nc2c(-c3ccccc3)[nH]n(-c3nc(-c4ccccc4)cs3)c2=O)sc1C(=O)O. The number of azo groups is 1. The van der Waals surface area contributed by atoms with Crippen LogP contribution in [0.3, 0.4) is 0 Å². The normalized spacial score (nSPS) is 11.3. The quantitative estimate of drug-likeness (QED) is 0.291. The summed E-state index contributed by atoms with van der Waals surface area (Å²) in [5.74, 6) is -1.08. The molecule has 0 unspecified atom stereocenters. The van der Waals surface area contributed by atoms with Gasteiger partial charge in [-0.05, 0) is 6.92 Å². The van der Waals surface area contributed by atoms with Crippen LogP contribution in [0.4, 0.5) is 10.8 Å². The number of carboxylic acid groups (broad SMARTS) is 1. The van der Waals surface area contributed by atoms with Crippen LogP contribution in [0, 0.1) is 6.92 Å². The Morgan fingerprint density at radius 3 is 2.32 bits per heavy atom. The molecule has 168 valence electrons. The van der Waals surface area contributed by atoms with E-state index in [1.54, 1.807) is 6.92 Å². The molecule has 0 aliphatic rings. The number of benzene rings is 2. The molecule has 3 heterocycles. The topological polar surface area (TPSA) is 126 Å². The number of aromatic amines is 1. The van der Waals surface area contributed by atoms with E-state index >= 15 is 0 Å². The summed E-state index contributed by atoms with van der Waals surface area (Å²) in [5, 5.41) is 23.1. The molecule has 0 saturated carbocycles. The number of aromatic nitrogens is 4. The largest absolute Gasteiger partial charge is 0.477 e. The predicted molar refractivity (Wildman–Crippen MR) is 131 cm³/mol. The van der Waals surface area contributed by atoms with Crippen LogP contribution in [0.25, 0.3) is 27.6 Å². The van der Waals surface area contributed by atoms with Crippen LogP contribution >= 0.6 is 22.7 Å². The zero-order valence-corrected chi connectivity index (χ0v) is 19.3. The maximum absolute atomic E-state index is 13.3. The first-order valence-electron chi connectivity index (χ1n) is 10.1. The second-order valence-electron chi connectivity index (χ2n) is 7.14. The van der Waals surface area contributed by atoms with Gasteiger partial charge in [0, 0.05) is 16.5 Å². The Morgan fingerprint density at radius 1 is 1.00 bits per heavy atom. The highest BCUT2D eigenvalue weighted by molar-refractivity contribution is 7.17. The summed E-state index contributed by atoms with van der Waals surface area (Å²) >= 11 is 2.22. The first-order valence-corrected chi connectivity index (χ1v) is 11.7. The second-order valence-corrected chi connectivity index (χ2v) is 8.95. The fourth-order valence-electron chi connectivity index (χ4n) is 3.29. The lowest BCUT2D eigenvalue weighted by Crippen LogP contribution is -2.13. The Hall–Kier alpha value is -4.22. The van der Waals surface area contributed by atoms with Gasteiger partial charge in [0.15, 0.2) is 5.69 Å². The second kappa shape index (κ2) is 8.96. The summed E-state index contributed by atoms with van der Waals surface area (Å²) in [4.78, 5) is 33.5. The summed E-state index contributed by atoms with van der Waals surface area (Å²) < 4.78 is 1.34. The first-order chi connectivity index (χ1) is 16.5. The van der Waals surface area contributed by atoms with Crippen molar-refractivity contribution >= 4 is 39.5 Å². The van der Waals surface area contributed by atoms with Gasteiger partial charge in [0.2, 0.25) is 10.3 Å². The molecule has 0 amide bonds. The monoisotopic (exact) mass is 488 g/mol. The molecule has 34 heavy (non-hydrogen) atoms. The lowest BCUT2D eigenvalue weighted by atomic mass is 10.1. The summed E-state index contributed by atoms with van der Waals surface area (Å²) in [5.41, 5.74) is 2.91. The minimum atomic E-state index is -1.08. The molecule has 2 N–H and O–H groups in total. The molecule has 0 radical (unpaired) electrons. The lowest BCUT2D eigenvalue weighted by molar-refractivity contribution is 0.0701. The van der Waals surface area contributed by atoms with E-state index in [4.69, 9.17) is 0 Å². The maximum Gasteiger partial charge on any atom is 0.347 e. The van der Waals surface area contributed by atoms with Crippen molar-refractivity contribution in [2.75, 3.05) is 0 Å². The number of carbonyl (C=O) groups is 1. The van der Waals surface area contributed by atoms with Crippen LogP contribution in [0.2, 0.25) is 0 Å². The third-order valence-corrected chi connectivity index (χ3v) is 6.75. The molecule has 5 aromatic rings. The van der Waals surface area contributed by atoms with Gasteiger partial charge in [0.05, 0.1) is 17.1 Å². The van der Waals surface area contributed by atoms with Crippen molar-refractivity contribution in [2.24, 2.45) is 10.2 Å². The molecule has 11 heteroatoms. The molecule has 9 nitrogen and oxygen atoms in total. The molecule has 3 aromatic heterocycles. The first kappa shape index (κ1) is 21.6. The minimum absolute atomic E-state index is 0.0763. The molecule has 0 saturated heterocycles. The van der Waals surface area contributed by atoms with Crippen molar-refractivity contribution < 1.29 is 9.90 Å². The van der Waals surface area contributed by atoms with Gasteiger partial charge in [-0.15, -0.1) is 21.6 Å². The molecular formula is C23H16N6O3S2. The van der Waals surface area contributed by atoms with Crippen molar-refractivity contribution in [1.82, 2.24) is 19.7 Å². The van der Waals surface area contributed by atoms with E-state index in [0.29, 0.717) is 16.5 Å². The van der Waals surface area contributed by atoms with E-state index in [9.17, 15) is 14.7 Å². The van der Waals surface area contributed by atoms with Crippen molar-refractivity contribution in [3.8, 4) is 27.6 Å². The van der Waals surface area contributed by atoms with Crippen molar-refractivity contribution in [3.63, 3.8) is 0 Å². The molecule has 0 atom stereocenters. The van der Waals surface area contributed by atoms with Gasteiger partial charge in [-0.25, -0.2) is 14.8 Å².